The molecule has 1 N–H and O–H groups in total. The molecule has 92 valence electrons. The highest BCUT2D eigenvalue weighted by Crippen LogP contribution is 2.33. The van der Waals surface area contributed by atoms with E-state index >= 15 is 0 Å². The second-order valence-corrected chi connectivity index (χ2v) is 7.09. The van der Waals surface area contributed by atoms with E-state index in [1.165, 1.54) is 27.1 Å². The summed E-state index contributed by atoms with van der Waals surface area (Å²) in [5, 5.41) is 3.58. The molecule has 0 aliphatic carbocycles. The monoisotopic (exact) mass is 303 g/mol. The molecular weight excluding hydrogens is 282 g/mol. The largest absolute Gasteiger partial charge is 0.310 e. The molecule has 0 spiro atoms. The molecule has 1 atom stereocenters. The Morgan fingerprint density at radius 1 is 1.38 bits per heavy atom. The van der Waals surface area contributed by atoms with E-state index in [1.807, 2.05) is 11.3 Å². The fraction of sp³-hybridized carbons (Fsp3) is 0.692. The quantitative estimate of drug-likeness (QED) is 0.787. The molecule has 0 saturated carbocycles. The Kier molecular flexibility index (Phi) is 6.01. The fourth-order valence-electron chi connectivity index (χ4n) is 1.75. The van der Waals surface area contributed by atoms with Gasteiger partial charge in [-0.1, -0.05) is 20.8 Å². The van der Waals surface area contributed by atoms with Gasteiger partial charge in [0.05, 0.1) is 3.79 Å². The molecule has 0 bridgehead atoms. The van der Waals surface area contributed by atoms with Crippen molar-refractivity contribution in [3.8, 4) is 0 Å². The predicted octanol–water partition coefficient (Wildman–Crippen LogP) is 4.91. The summed E-state index contributed by atoms with van der Waals surface area (Å²) in [5.74, 6) is 0.783. The van der Waals surface area contributed by atoms with Crippen molar-refractivity contribution in [2.75, 3.05) is 6.54 Å². The summed E-state index contributed by atoms with van der Waals surface area (Å²) in [6.45, 7) is 9.96. The van der Waals surface area contributed by atoms with Gasteiger partial charge in [0.15, 0.2) is 0 Å². The molecule has 0 aliphatic heterocycles. The normalized spacial score (nSPS) is 13.4. The third-order valence-corrected chi connectivity index (χ3v) is 4.95. The highest BCUT2D eigenvalue weighted by atomic mass is 79.9. The molecule has 0 fully saturated rings. The minimum Gasteiger partial charge on any atom is -0.310 e. The lowest BCUT2D eigenvalue weighted by molar-refractivity contribution is 0.453. The molecular formula is C13H22BrNS. The van der Waals surface area contributed by atoms with Crippen LogP contribution in [0.5, 0.6) is 0 Å². The molecule has 0 aromatic carbocycles. The van der Waals surface area contributed by atoms with Crippen LogP contribution in [0, 0.1) is 12.8 Å². The Bertz CT molecular complexity index is 300. The van der Waals surface area contributed by atoms with Gasteiger partial charge in [0.2, 0.25) is 0 Å². The highest BCUT2D eigenvalue weighted by Gasteiger charge is 2.14. The molecule has 1 unspecified atom stereocenters. The average molecular weight is 304 g/mol. The van der Waals surface area contributed by atoms with Gasteiger partial charge in [0.1, 0.15) is 0 Å². The van der Waals surface area contributed by atoms with E-state index < -0.39 is 0 Å². The molecule has 1 heterocycles. The minimum absolute atomic E-state index is 0.530. The van der Waals surface area contributed by atoms with Crippen molar-refractivity contribution < 1.29 is 0 Å². The summed E-state index contributed by atoms with van der Waals surface area (Å²) < 4.78 is 1.27. The molecule has 3 heteroatoms. The Balaban J connectivity index is 2.68. The summed E-state index contributed by atoms with van der Waals surface area (Å²) in [5.41, 5.74) is 1.35. The molecule has 1 aromatic rings. The average Bonchev–Trinajstić information content (AvgIpc) is 2.53. The van der Waals surface area contributed by atoms with Crippen LogP contribution in [0.4, 0.5) is 0 Å². The van der Waals surface area contributed by atoms with Gasteiger partial charge in [0, 0.05) is 10.9 Å². The molecule has 1 rings (SSSR count). The zero-order valence-electron chi connectivity index (χ0n) is 10.6. The maximum Gasteiger partial charge on any atom is 0.0731 e. The van der Waals surface area contributed by atoms with E-state index in [2.05, 4.69) is 55.0 Å². The molecule has 0 radical (unpaired) electrons. The molecule has 0 aliphatic rings. The van der Waals surface area contributed by atoms with Gasteiger partial charge in [-0.15, -0.1) is 11.3 Å². The summed E-state index contributed by atoms with van der Waals surface area (Å²) in [7, 11) is 0. The van der Waals surface area contributed by atoms with Gasteiger partial charge in [0.25, 0.3) is 0 Å². The lowest BCUT2D eigenvalue weighted by Crippen LogP contribution is -2.20. The maximum atomic E-state index is 3.61. The molecule has 16 heavy (non-hydrogen) atoms. The summed E-state index contributed by atoms with van der Waals surface area (Å²) in [6.07, 6.45) is 2.52. The van der Waals surface area contributed by atoms with Crippen molar-refractivity contribution in [1.82, 2.24) is 5.32 Å². The number of aryl methyl sites for hydroxylation is 1. The van der Waals surface area contributed by atoms with E-state index in [4.69, 9.17) is 0 Å². The Morgan fingerprint density at radius 3 is 2.50 bits per heavy atom. The number of hydrogen-bond acceptors (Lipinski definition) is 2. The summed E-state index contributed by atoms with van der Waals surface area (Å²) in [4.78, 5) is 1.46. The molecule has 1 aromatic heterocycles. The van der Waals surface area contributed by atoms with E-state index in [0.717, 1.165) is 12.5 Å². The van der Waals surface area contributed by atoms with Crippen LogP contribution in [0.1, 0.15) is 50.1 Å². The second kappa shape index (κ2) is 6.77. The van der Waals surface area contributed by atoms with Crippen molar-refractivity contribution in [1.29, 1.82) is 0 Å². The predicted molar refractivity (Wildman–Crippen MR) is 77.2 cm³/mol. The highest BCUT2D eigenvalue weighted by molar-refractivity contribution is 9.11. The van der Waals surface area contributed by atoms with Crippen LogP contribution < -0.4 is 5.32 Å². The molecule has 1 nitrogen and oxygen atoms in total. The standard InChI is InChI=1S/C13H22BrNS/c1-5-15-11(7-6-9(2)3)12-8-10(4)13(14)16-12/h8-9,11,15H,5-7H2,1-4H3. The number of thiophene rings is 1. The van der Waals surface area contributed by atoms with Crippen molar-refractivity contribution in [2.24, 2.45) is 5.92 Å². The van der Waals surface area contributed by atoms with Gasteiger partial charge in [-0.05, 0) is 59.8 Å². The third kappa shape index (κ3) is 4.19. The van der Waals surface area contributed by atoms with Crippen LogP contribution in [0.2, 0.25) is 0 Å². The Morgan fingerprint density at radius 2 is 2.06 bits per heavy atom. The van der Waals surface area contributed by atoms with Crippen molar-refractivity contribution >= 4 is 27.3 Å². The Hall–Kier alpha value is 0.140. The van der Waals surface area contributed by atoms with Crippen LogP contribution >= 0.6 is 27.3 Å². The molecule has 0 saturated heterocycles. The van der Waals surface area contributed by atoms with Crippen LogP contribution in [0.3, 0.4) is 0 Å². The van der Waals surface area contributed by atoms with Crippen molar-refractivity contribution in [2.45, 2.75) is 46.6 Å². The lowest BCUT2D eigenvalue weighted by Gasteiger charge is -2.17. The fourth-order valence-corrected chi connectivity index (χ4v) is 3.43. The van der Waals surface area contributed by atoms with Crippen molar-refractivity contribution in [3.63, 3.8) is 0 Å². The first-order valence-corrected chi connectivity index (χ1v) is 7.64. The number of halogens is 1. The second-order valence-electron chi connectivity index (χ2n) is 4.69. The third-order valence-electron chi connectivity index (χ3n) is 2.70. The van der Waals surface area contributed by atoms with Crippen LogP contribution in [0.15, 0.2) is 9.85 Å². The van der Waals surface area contributed by atoms with E-state index in [9.17, 15) is 0 Å². The van der Waals surface area contributed by atoms with E-state index in [-0.39, 0.29) is 0 Å². The number of nitrogens with one attached hydrogen (secondary N) is 1. The van der Waals surface area contributed by atoms with Gasteiger partial charge < -0.3 is 5.32 Å². The van der Waals surface area contributed by atoms with Gasteiger partial charge >= 0.3 is 0 Å². The zero-order valence-corrected chi connectivity index (χ0v) is 13.0. The lowest BCUT2D eigenvalue weighted by atomic mass is 10.0. The minimum atomic E-state index is 0.530. The van der Waals surface area contributed by atoms with Crippen molar-refractivity contribution in [3.05, 3.63) is 20.3 Å². The van der Waals surface area contributed by atoms with Gasteiger partial charge in [-0.3, -0.25) is 0 Å². The van der Waals surface area contributed by atoms with E-state index in [1.54, 1.807) is 0 Å². The Labute approximate surface area is 112 Å². The summed E-state index contributed by atoms with van der Waals surface area (Å²) in [6, 6.07) is 2.84. The SMILES string of the molecule is CCNC(CCC(C)C)c1cc(C)c(Br)s1. The molecule has 0 amide bonds. The van der Waals surface area contributed by atoms with Crippen LogP contribution in [0.25, 0.3) is 0 Å². The van der Waals surface area contributed by atoms with Crippen LogP contribution in [-0.4, -0.2) is 6.54 Å². The van der Waals surface area contributed by atoms with Gasteiger partial charge in [-0.2, -0.15) is 0 Å². The smallest absolute Gasteiger partial charge is 0.0731 e. The number of rotatable bonds is 6. The topological polar surface area (TPSA) is 12.0 Å². The summed E-state index contributed by atoms with van der Waals surface area (Å²) >= 11 is 5.47. The van der Waals surface area contributed by atoms with Crippen LogP contribution in [-0.2, 0) is 0 Å². The first-order valence-electron chi connectivity index (χ1n) is 6.03. The number of hydrogen-bond donors (Lipinski definition) is 1. The maximum absolute atomic E-state index is 3.61. The first-order chi connectivity index (χ1) is 7.54. The first kappa shape index (κ1) is 14.2. The van der Waals surface area contributed by atoms with Gasteiger partial charge in [-0.25, -0.2) is 0 Å². The zero-order chi connectivity index (χ0) is 12.1. The van der Waals surface area contributed by atoms with E-state index in [0.29, 0.717) is 6.04 Å².